The molecule has 0 aliphatic heterocycles. The summed E-state index contributed by atoms with van der Waals surface area (Å²) in [5, 5.41) is 3.39. The molecule has 1 heterocycles. The summed E-state index contributed by atoms with van der Waals surface area (Å²) in [5.41, 5.74) is 0.895. The molecule has 1 fully saturated rings. The number of benzene rings is 1. The van der Waals surface area contributed by atoms with E-state index in [4.69, 9.17) is 16.0 Å². The van der Waals surface area contributed by atoms with Crippen LogP contribution in [0.25, 0.3) is 11.5 Å². The lowest BCUT2D eigenvalue weighted by Gasteiger charge is -2.34. The summed E-state index contributed by atoms with van der Waals surface area (Å²) in [5.74, 6) is 0.169. The number of carbonyl (C=O) groups excluding carboxylic acids is 1. The van der Waals surface area contributed by atoms with E-state index in [1.54, 1.807) is 31.2 Å². The Kier molecular flexibility index (Phi) is 6.69. The van der Waals surface area contributed by atoms with Gasteiger partial charge >= 0.3 is 0 Å². The van der Waals surface area contributed by atoms with E-state index < -0.39 is 21.5 Å². The minimum Gasteiger partial charge on any atom is -0.441 e. The van der Waals surface area contributed by atoms with E-state index in [1.165, 1.54) is 0 Å². The first-order chi connectivity index (χ1) is 13.7. The molecule has 2 aromatic rings. The van der Waals surface area contributed by atoms with Crippen molar-refractivity contribution in [3.8, 4) is 11.5 Å². The molecule has 29 heavy (non-hydrogen) atoms. The van der Waals surface area contributed by atoms with Gasteiger partial charge in [-0.25, -0.2) is 13.4 Å². The third kappa shape index (κ3) is 5.39. The lowest BCUT2D eigenvalue weighted by atomic mass is 9.78. The number of amides is 1. The molecule has 1 aromatic heterocycles. The smallest absolute Gasteiger partial charge is 0.235 e. The molecule has 1 aliphatic rings. The van der Waals surface area contributed by atoms with E-state index in [0.717, 1.165) is 19.3 Å². The zero-order chi connectivity index (χ0) is 21.2. The normalized spacial score (nSPS) is 22.4. The van der Waals surface area contributed by atoms with E-state index >= 15 is 0 Å². The number of nitrogens with one attached hydrogen (secondary N) is 1. The number of hydrogen-bond acceptors (Lipinski definition) is 5. The summed E-state index contributed by atoms with van der Waals surface area (Å²) in [7, 11) is -3.68. The molecule has 1 aromatic carbocycles. The molecule has 1 amide bonds. The Morgan fingerprint density at radius 1 is 1.28 bits per heavy atom. The Morgan fingerprint density at radius 3 is 2.72 bits per heavy atom. The van der Waals surface area contributed by atoms with Crippen molar-refractivity contribution in [3.63, 3.8) is 0 Å². The molecule has 0 saturated heterocycles. The number of nitrogens with zero attached hydrogens (tertiary/aromatic N) is 1. The summed E-state index contributed by atoms with van der Waals surface area (Å²) in [6.07, 6.45) is 3.08. The van der Waals surface area contributed by atoms with E-state index in [1.807, 2.05) is 0 Å². The van der Waals surface area contributed by atoms with Crippen molar-refractivity contribution in [1.82, 2.24) is 10.3 Å². The van der Waals surface area contributed by atoms with Gasteiger partial charge < -0.3 is 9.73 Å². The van der Waals surface area contributed by atoms with Crippen molar-refractivity contribution >= 4 is 27.3 Å². The van der Waals surface area contributed by atoms with E-state index in [0.29, 0.717) is 33.9 Å². The lowest BCUT2D eigenvalue weighted by molar-refractivity contribution is -0.120. The topological polar surface area (TPSA) is 89.3 Å². The Balaban J connectivity index is 1.67. The number of halogens is 1. The molecule has 158 valence electrons. The van der Waals surface area contributed by atoms with Crippen molar-refractivity contribution in [2.45, 2.75) is 51.8 Å². The second-order valence-electron chi connectivity index (χ2n) is 7.98. The van der Waals surface area contributed by atoms with Gasteiger partial charge in [-0.3, -0.25) is 4.79 Å². The van der Waals surface area contributed by atoms with Crippen LogP contribution in [0, 0.1) is 18.8 Å². The van der Waals surface area contributed by atoms with Crippen LogP contribution < -0.4 is 5.32 Å². The van der Waals surface area contributed by atoms with Gasteiger partial charge in [0.2, 0.25) is 11.8 Å². The second kappa shape index (κ2) is 8.88. The average molecular weight is 439 g/mol. The lowest BCUT2D eigenvalue weighted by Crippen LogP contribution is -2.45. The van der Waals surface area contributed by atoms with Crippen LogP contribution >= 0.6 is 11.6 Å². The largest absolute Gasteiger partial charge is 0.441 e. The van der Waals surface area contributed by atoms with Crippen LogP contribution in [0.3, 0.4) is 0 Å². The van der Waals surface area contributed by atoms with E-state index in [9.17, 15) is 13.2 Å². The van der Waals surface area contributed by atoms with Crippen LogP contribution in [-0.4, -0.2) is 31.1 Å². The highest BCUT2D eigenvalue weighted by molar-refractivity contribution is 7.91. The number of aromatic nitrogens is 1. The molecule has 3 atom stereocenters. The molecule has 8 heteroatoms. The minimum atomic E-state index is -3.68. The van der Waals surface area contributed by atoms with Crippen LogP contribution in [0.4, 0.5) is 0 Å². The first kappa shape index (κ1) is 21.8. The molecular formula is C21H27ClN2O4S. The van der Waals surface area contributed by atoms with Crippen LogP contribution in [0.15, 0.2) is 28.7 Å². The summed E-state index contributed by atoms with van der Waals surface area (Å²) in [4.78, 5) is 16.7. The van der Waals surface area contributed by atoms with Gasteiger partial charge in [0.15, 0.2) is 9.84 Å². The van der Waals surface area contributed by atoms with Gasteiger partial charge in [-0.05, 0) is 37.3 Å². The zero-order valence-electron chi connectivity index (χ0n) is 16.9. The molecule has 1 aliphatic carbocycles. The van der Waals surface area contributed by atoms with Gasteiger partial charge in [0, 0.05) is 6.04 Å². The van der Waals surface area contributed by atoms with Gasteiger partial charge in [0.05, 0.1) is 22.0 Å². The summed E-state index contributed by atoms with van der Waals surface area (Å²) >= 11 is 6.17. The summed E-state index contributed by atoms with van der Waals surface area (Å²) in [6.45, 7) is 5.94. The highest BCUT2D eigenvalue weighted by atomic mass is 35.5. The molecule has 0 radical (unpaired) electrons. The number of carbonyl (C=O) groups is 1. The third-order valence-electron chi connectivity index (χ3n) is 5.76. The second-order valence-corrected chi connectivity index (χ2v) is 10.4. The first-order valence-corrected chi connectivity index (χ1v) is 12.1. The van der Waals surface area contributed by atoms with Crippen LogP contribution in [0.2, 0.25) is 5.02 Å². The fourth-order valence-corrected chi connectivity index (χ4v) is 5.29. The van der Waals surface area contributed by atoms with Crippen molar-refractivity contribution in [2.24, 2.45) is 11.8 Å². The predicted molar refractivity (Wildman–Crippen MR) is 113 cm³/mol. The number of rotatable bonds is 6. The molecule has 3 rings (SSSR count). The molecular weight excluding hydrogens is 412 g/mol. The fourth-order valence-electron chi connectivity index (χ4n) is 3.81. The predicted octanol–water partition coefficient (Wildman–Crippen LogP) is 4.16. The van der Waals surface area contributed by atoms with Crippen molar-refractivity contribution in [3.05, 3.63) is 40.7 Å². The van der Waals surface area contributed by atoms with Crippen LogP contribution in [-0.2, 0) is 20.4 Å². The zero-order valence-corrected chi connectivity index (χ0v) is 18.5. The summed E-state index contributed by atoms with van der Waals surface area (Å²) in [6, 6.07) is 7.09. The molecule has 0 bridgehead atoms. The first-order valence-electron chi connectivity index (χ1n) is 9.87. The monoisotopic (exact) mass is 438 g/mol. The number of sulfone groups is 1. The molecule has 1 saturated carbocycles. The van der Waals surface area contributed by atoms with E-state index in [-0.39, 0.29) is 17.7 Å². The molecule has 1 N–H and O–H groups in total. The van der Waals surface area contributed by atoms with E-state index in [2.05, 4.69) is 24.1 Å². The van der Waals surface area contributed by atoms with Crippen molar-refractivity contribution in [1.29, 1.82) is 0 Å². The SMILES string of the molecule is Cc1oc(-c2ccccc2Cl)nc1CS(=O)(=O)CC(=O)N[C@@H]1CCC[C@@H](C)[C@@H]1C. The molecule has 0 spiro atoms. The fraction of sp³-hybridized carbons (Fsp3) is 0.524. The van der Waals surface area contributed by atoms with Gasteiger partial charge in [0.25, 0.3) is 0 Å². The Bertz CT molecular complexity index is 986. The van der Waals surface area contributed by atoms with Crippen molar-refractivity contribution in [2.75, 3.05) is 5.75 Å². The van der Waals surface area contributed by atoms with Gasteiger partial charge in [-0.1, -0.05) is 50.4 Å². The summed E-state index contributed by atoms with van der Waals surface area (Å²) < 4.78 is 30.8. The van der Waals surface area contributed by atoms with Gasteiger partial charge in [-0.2, -0.15) is 0 Å². The maximum Gasteiger partial charge on any atom is 0.235 e. The standard InChI is InChI=1S/C21H27ClN2O4S/c1-13-7-6-10-18(14(13)2)23-20(25)12-29(26,27)11-19-15(3)28-21(24-19)16-8-4-5-9-17(16)22/h4-5,8-9,13-14,18H,6-7,10-12H2,1-3H3,(H,23,25)/t13-,14+,18-/m1/s1. The molecule has 6 nitrogen and oxygen atoms in total. The highest BCUT2D eigenvalue weighted by Crippen LogP contribution is 2.30. The van der Waals surface area contributed by atoms with Gasteiger partial charge in [0.1, 0.15) is 11.5 Å². The maximum atomic E-state index is 12.6. The highest BCUT2D eigenvalue weighted by Gasteiger charge is 2.30. The Labute approximate surface area is 177 Å². The van der Waals surface area contributed by atoms with Crippen LogP contribution in [0.1, 0.15) is 44.6 Å². The van der Waals surface area contributed by atoms with Crippen LogP contribution in [0.5, 0.6) is 0 Å². The number of hydrogen-bond donors (Lipinski definition) is 1. The van der Waals surface area contributed by atoms with Gasteiger partial charge in [-0.15, -0.1) is 0 Å². The number of aryl methyl sites for hydroxylation is 1. The quantitative estimate of drug-likeness (QED) is 0.731. The minimum absolute atomic E-state index is 0.0297. The third-order valence-corrected chi connectivity index (χ3v) is 7.50. The Morgan fingerprint density at radius 2 is 2.00 bits per heavy atom. The Hall–Kier alpha value is -1.86. The van der Waals surface area contributed by atoms with Crippen molar-refractivity contribution < 1.29 is 17.6 Å². The molecule has 0 unspecified atom stereocenters. The number of oxazole rings is 1. The average Bonchev–Trinajstić information content (AvgIpc) is 2.98. The maximum absolute atomic E-state index is 12.6.